The monoisotopic (exact) mass is 292 g/mol. The van der Waals surface area contributed by atoms with Crippen molar-refractivity contribution in [3.63, 3.8) is 0 Å². The van der Waals surface area contributed by atoms with Gasteiger partial charge in [-0.1, -0.05) is 48.0 Å². The van der Waals surface area contributed by atoms with E-state index in [9.17, 15) is 4.79 Å². The third-order valence-electron chi connectivity index (χ3n) is 3.29. The van der Waals surface area contributed by atoms with Gasteiger partial charge < -0.3 is 5.32 Å². The van der Waals surface area contributed by atoms with Gasteiger partial charge in [0, 0.05) is 6.54 Å². The molecule has 0 fully saturated rings. The first kappa shape index (κ1) is 14.0. The molecule has 2 aromatic carbocycles. The predicted octanol–water partition coefficient (Wildman–Crippen LogP) is 2.51. The molecule has 5 nitrogen and oxygen atoms in total. The van der Waals surface area contributed by atoms with Gasteiger partial charge in [-0.15, -0.1) is 5.10 Å². The van der Waals surface area contributed by atoms with E-state index in [4.69, 9.17) is 0 Å². The number of nitrogens with one attached hydrogen (secondary N) is 1. The van der Waals surface area contributed by atoms with Crippen LogP contribution in [-0.2, 0) is 6.54 Å². The van der Waals surface area contributed by atoms with E-state index in [1.54, 1.807) is 0 Å². The smallest absolute Gasteiger partial charge is 0.273 e. The minimum atomic E-state index is -0.234. The minimum Gasteiger partial charge on any atom is -0.347 e. The van der Waals surface area contributed by atoms with Crippen molar-refractivity contribution in [1.29, 1.82) is 0 Å². The molecule has 110 valence electrons. The van der Waals surface area contributed by atoms with Crippen LogP contribution in [0, 0.1) is 6.92 Å². The van der Waals surface area contributed by atoms with Gasteiger partial charge in [-0.25, -0.2) is 0 Å². The summed E-state index contributed by atoms with van der Waals surface area (Å²) in [6.45, 7) is 2.50. The van der Waals surface area contributed by atoms with Crippen molar-refractivity contribution < 1.29 is 4.79 Å². The molecule has 0 aliphatic carbocycles. The third kappa shape index (κ3) is 3.20. The van der Waals surface area contributed by atoms with Crippen LogP contribution >= 0.6 is 0 Å². The number of amides is 1. The highest BCUT2D eigenvalue weighted by atomic mass is 16.2. The third-order valence-corrected chi connectivity index (χ3v) is 3.29. The highest BCUT2D eigenvalue weighted by molar-refractivity contribution is 5.91. The molecule has 0 aliphatic heterocycles. The van der Waals surface area contributed by atoms with Crippen molar-refractivity contribution in [2.24, 2.45) is 0 Å². The lowest BCUT2D eigenvalue weighted by Gasteiger charge is -2.03. The van der Waals surface area contributed by atoms with Crippen LogP contribution in [0.2, 0.25) is 0 Å². The first-order chi connectivity index (χ1) is 10.7. The second-order valence-corrected chi connectivity index (χ2v) is 5.02. The lowest BCUT2D eigenvalue weighted by atomic mass is 10.1. The molecule has 1 aromatic heterocycles. The summed E-state index contributed by atoms with van der Waals surface area (Å²) in [6.07, 6.45) is 1.47. The molecular weight excluding hydrogens is 276 g/mol. The van der Waals surface area contributed by atoms with E-state index in [0.29, 0.717) is 12.2 Å². The Morgan fingerprint density at radius 1 is 1.09 bits per heavy atom. The Labute approximate surface area is 128 Å². The number of benzene rings is 2. The molecule has 3 aromatic rings. The van der Waals surface area contributed by atoms with Gasteiger partial charge in [-0.05, 0) is 24.6 Å². The van der Waals surface area contributed by atoms with Gasteiger partial charge in [-0.2, -0.15) is 9.90 Å². The molecule has 3 rings (SSSR count). The van der Waals surface area contributed by atoms with E-state index < -0.39 is 0 Å². The van der Waals surface area contributed by atoms with Crippen LogP contribution in [0.4, 0.5) is 0 Å². The highest BCUT2D eigenvalue weighted by Gasteiger charge is 2.11. The van der Waals surface area contributed by atoms with Crippen LogP contribution in [-0.4, -0.2) is 20.9 Å². The van der Waals surface area contributed by atoms with Crippen molar-refractivity contribution in [3.05, 3.63) is 77.6 Å². The minimum absolute atomic E-state index is 0.234. The molecule has 0 radical (unpaired) electrons. The summed E-state index contributed by atoms with van der Waals surface area (Å²) in [7, 11) is 0. The van der Waals surface area contributed by atoms with E-state index in [-0.39, 0.29) is 5.91 Å². The number of para-hydroxylation sites is 1. The maximum Gasteiger partial charge on any atom is 0.273 e. The Hall–Kier alpha value is -2.95. The van der Waals surface area contributed by atoms with Crippen LogP contribution in [0.25, 0.3) is 5.69 Å². The lowest BCUT2D eigenvalue weighted by molar-refractivity contribution is 0.0945. The Morgan fingerprint density at radius 3 is 2.55 bits per heavy atom. The van der Waals surface area contributed by atoms with Gasteiger partial charge in [0.1, 0.15) is 0 Å². The summed E-state index contributed by atoms with van der Waals surface area (Å²) >= 11 is 0. The zero-order valence-electron chi connectivity index (χ0n) is 12.2. The fourth-order valence-corrected chi connectivity index (χ4v) is 2.03. The summed E-state index contributed by atoms with van der Waals surface area (Å²) in [5.41, 5.74) is 3.37. The number of carbonyl (C=O) groups is 1. The van der Waals surface area contributed by atoms with Crippen LogP contribution in [0.1, 0.15) is 21.6 Å². The highest BCUT2D eigenvalue weighted by Crippen LogP contribution is 2.05. The van der Waals surface area contributed by atoms with Gasteiger partial charge >= 0.3 is 0 Å². The van der Waals surface area contributed by atoms with E-state index in [0.717, 1.165) is 11.3 Å². The average Bonchev–Trinajstić information content (AvgIpc) is 3.05. The maximum atomic E-state index is 12.1. The van der Waals surface area contributed by atoms with E-state index in [1.165, 1.54) is 16.6 Å². The van der Waals surface area contributed by atoms with Crippen molar-refractivity contribution in [2.75, 3.05) is 0 Å². The second-order valence-electron chi connectivity index (χ2n) is 5.02. The van der Waals surface area contributed by atoms with Crippen molar-refractivity contribution in [3.8, 4) is 5.69 Å². The number of rotatable bonds is 4. The molecule has 1 heterocycles. The van der Waals surface area contributed by atoms with Gasteiger partial charge in [0.05, 0.1) is 11.9 Å². The molecule has 0 saturated heterocycles. The Balaban J connectivity index is 1.66. The molecular formula is C17H16N4O. The maximum absolute atomic E-state index is 12.1. The molecule has 0 saturated carbocycles. The topological polar surface area (TPSA) is 59.8 Å². The molecule has 0 spiro atoms. The Bertz CT molecular complexity index is 763. The van der Waals surface area contributed by atoms with Gasteiger partial charge in [0.25, 0.3) is 5.91 Å². The zero-order valence-corrected chi connectivity index (χ0v) is 12.2. The predicted molar refractivity (Wildman–Crippen MR) is 83.7 cm³/mol. The largest absolute Gasteiger partial charge is 0.347 e. The standard InChI is InChI=1S/C17H16N4O/c1-13-7-9-14(10-8-13)11-18-17(22)16-12-19-21(20-16)15-5-3-2-4-6-15/h2-10,12H,11H2,1H3,(H,18,22). The van der Waals surface area contributed by atoms with Crippen molar-refractivity contribution in [1.82, 2.24) is 20.3 Å². The van der Waals surface area contributed by atoms with Crippen LogP contribution in [0.15, 0.2) is 60.8 Å². The normalized spacial score (nSPS) is 10.4. The van der Waals surface area contributed by atoms with Gasteiger partial charge in [0.2, 0.25) is 0 Å². The molecule has 5 heteroatoms. The number of hydrogen-bond acceptors (Lipinski definition) is 3. The van der Waals surface area contributed by atoms with E-state index in [2.05, 4.69) is 15.5 Å². The Morgan fingerprint density at radius 2 is 1.82 bits per heavy atom. The number of carbonyl (C=O) groups excluding carboxylic acids is 1. The van der Waals surface area contributed by atoms with E-state index in [1.807, 2.05) is 61.5 Å². The molecule has 0 aliphatic rings. The first-order valence-corrected chi connectivity index (χ1v) is 7.04. The number of hydrogen-bond donors (Lipinski definition) is 1. The molecule has 0 bridgehead atoms. The molecule has 0 unspecified atom stereocenters. The zero-order chi connectivity index (χ0) is 15.4. The van der Waals surface area contributed by atoms with Crippen molar-refractivity contribution in [2.45, 2.75) is 13.5 Å². The average molecular weight is 292 g/mol. The number of aromatic nitrogens is 3. The van der Waals surface area contributed by atoms with Crippen LogP contribution < -0.4 is 5.32 Å². The molecule has 0 atom stereocenters. The summed E-state index contributed by atoms with van der Waals surface area (Å²) in [5.74, 6) is -0.234. The SMILES string of the molecule is Cc1ccc(CNC(=O)c2cnn(-c3ccccc3)n2)cc1. The fraction of sp³-hybridized carbons (Fsp3) is 0.118. The first-order valence-electron chi connectivity index (χ1n) is 7.04. The summed E-state index contributed by atoms with van der Waals surface area (Å²) in [6, 6.07) is 17.5. The number of nitrogens with zero attached hydrogens (tertiary/aromatic N) is 3. The van der Waals surface area contributed by atoms with E-state index >= 15 is 0 Å². The molecule has 22 heavy (non-hydrogen) atoms. The van der Waals surface area contributed by atoms with Gasteiger partial charge in [0.15, 0.2) is 5.69 Å². The van der Waals surface area contributed by atoms with Gasteiger partial charge in [-0.3, -0.25) is 4.79 Å². The van der Waals surface area contributed by atoms with Crippen LogP contribution in [0.5, 0.6) is 0 Å². The quantitative estimate of drug-likeness (QED) is 0.803. The second kappa shape index (κ2) is 6.22. The van der Waals surface area contributed by atoms with Crippen molar-refractivity contribution >= 4 is 5.91 Å². The summed E-state index contributed by atoms with van der Waals surface area (Å²) < 4.78 is 0. The summed E-state index contributed by atoms with van der Waals surface area (Å²) in [5, 5.41) is 11.2. The molecule has 1 N–H and O–H groups in total. The van der Waals surface area contributed by atoms with Crippen LogP contribution in [0.3, 0.4) is 0 Å². The lowest BCUT2D eigenvalue weighted by Crippen LogP contribution is -2.23. The number of aryl methyl sites for hydroxylation is 1. The Kier molecular flexibility index (Phi) is 3.96. The fourth-order valence-electron chi connectivity index (χ4n) is 2.03. The molecule has 1 amide bonds. The summed E-state index contributed by atoms with van der Waals surface area (Å²) in [4.78, 5) is 13.5.